The SMILES string of the molecule is CC1C=CN=C2C(=N)CCOC21C. The monoisotopic (exact) mass is 178 g/mol. The predicted molar refractivity (Wildman–Crippen MR) is 52.4 cm³/mol. The lowest BCUT2D eigenvalue weighted by Crippen LogP contribution is -2.52. The number of nitrogens with zero attached hydrogens (tertiary/aromatic N) is 1. The van der Waals surface area contributed by atoms with Crippen LogP contribution >= 0.6 is 0 Å². The van der Waals surface area contributed by atoms with Crippen LogP contribution in [0.2, 0.25) is 0 Å². The maximum Gasteiger partial charge on any atom is 0.115 e. The van der Waals surface area contributed by atoms with Crippen molar-refractivity contribution in [1.82, 2.24) is 0 Å². The second-order valence-corrected chi connectivity index (χ2v) is 3.79. The molecule has 2 aliphatic heterocycles. The lowest BCUT2D eigenvalue weighted by molar-refractivity contribution is -0.00530. The molecule has 70 valence electrons. The molecule has 2 unspecified atom stereocenters. The topological polar surface area (TPSA) is 45.4 Å². The number of nitrogens with one attached hydrogen (secondary N) is 1. The minimum Gasteiger partial charge on any atom is -0.368 e. The van der Waals surface area contributed by atoms with E-state index in [2.05, 4.69) is 11.9 Å². The van der Waals surface area contributed by atoms with Crippen LogP contribution in [0.25, 0.3) is 0 Å². The third-order valence-corrected chi connectivity index (χ3v) is 2.96. The van der Waals surface area contributed by atoms with E-state index in [4.69, 9.17) is 10.1 Å². The molecular weight excluding hydrogens is 164 g/mol. The Morgan fingerprint density at radius 2 is 2.46 bits per heavy atom. The van der Waals surface area contributed by atoms with Crippen molar-refractivity contribution < 1.29 is 4.74 Å². The second-order valence-electron chi connectivity index (χ2n) is 3.79. The zero-order valence-corrected chi connectivity index (χ0v) is 8.00. The molecule has 2 aliphatic rings. The molecule has 3 heteroatoms. The van der Waals surface area contributed by atoms with Gasteiger partial charge in [-0.25, -0.2) is 0 Å². The molecule has 1 N–H and O–H groups in total. The van der Waals surface area contributed by atoms with E-state index in [1.165, 1.54) is 0 Å². The summed E-state index contributed by atoms with van der Waals surface area (Å²) in [5.74, 6) is 0.306. The van der Waals surface area contributed by atoms with Crippen molar-refractivity contribution in [3.63, 3.8) is 0 Å². The molecule has 0 amide bonds. The van der Waals surface area contributed by atoms with Gasteiger partial charge in [0.2, 0.25) is 0 Å². The smallest absolute Gasteiger partial charge is 0.115 e. The molecule has 0 bridgehead atoms. The molecule has 2 atom stereocenters. The van der Waals surface area contributed by atoms with Gasteiger partial charge in [-0.05, 0) is 6.92 Å². The average molecular weight is 178 g/mol. The number of hydrogen-bond acceptors (Lipinski definition) is 3. The molecule has 13 heavy (non-hydrogen) atoms. The van der Waals surface area contributed by atoms with Crippen molar-refractivity contribution in [3.8, 4) is 0 Å². The van der Waals surface area contributed by atoms with E-state index < -0.39 is 0 Å². The molecule has 1 saturated heterocycles. The summed E-state index contributed by atoms with van der Waals surface area (Å²) in [6.45, 7) is 4.77. The Hall–Kier alpha value is -0.960. The van der Waals surface area contributed by atoms with Gasteiger partial charge in [0, 0.05) is 18.5 Å². The normalized spacial score (nSPS) is 38.5. The van der Waals surface area contributed by atoms with E-state index in [0.29, 0.717) is 24.7 Å². The van der Waals surface area contributed by atoms with E-state index >= 15 is 0 Å². The van der Waals surface area contributed by atoms with Crippen LogP contribution < -0.4 is 0 Å². The van der Waals surface area contributed by atoms with Crippen molar-refractivity contribution >= 4 is 11.4 Å². The first-order valence-electron chi connectivity index (χ1n) is 4.61. The Bertz CT molecular complexity index is 306. The lowest BCUT2D eigenvalue weighted by atomic mass is 9.80. The van der Waals surface area contributed by atoms with Crippen LogP contribution in [0, 0.1) is 11.3 Å². The first-order valence-corrected chi connectivity index (χ1v) is 4.61. The average Bonchev–Trinajstić information content (AvgIpc) is 2.08. The zero-order chi connectivity index (χ0) is 9.47. The van der Waals surface area contributed by atoms with E-state index in [1.807, 2.05) is 13.0 Å². The molecule has 2 rings (SSSR count). The Morgan fingerprint density at radius 1 is 1.69 bits per heavy atom. The number of rotatable bonds is 0. The van der Waals surface area contributed by atoms with Crippen LogP contribution in [0.15, 0.2) is 17.3 Å². The molecule has 0 spiro atoms. The standard InChI is InChI=1S/C10H14N2O/c1-7-3-5-12-9-8(11)4-6-13-10(7,9)2/h3,5,7,11H,4,6H2,1-2H3. The summed E-state index contributed by atoms with van der Waals surface area (Å²) in [5, 5.41) is 7.78. The zero-order valence-electron chi connectivity index (χ0n) is 8.00. The van der Waals surface area contributed by atoms with Crippen molar-refractivity contribution in [2.75, 3.05) is 6.61 Å². The van der Waals surface area contributed by atoms with Crippen LogP contribution in [-0.2, 0) is 4.74 Å². The minimum atomic E-state index is -0.357. The lowest BCUT2D eigenvalue weighted by Gasteiger charge is -2.40. The highest BCUT2D eigenvalue weighted by Gasteiger charge is 2.42. The maximum absolute atomic E-state index is 7.78. The van der Waals surface area contributed by atoms with Gasteiger partial charge in [0.05, 0.1) is 18.0 Å². The first kappa shape index (κ1) is 8.63. The Balaban J connectivity index is 2.42. The van der Waals surface area contributed by atoms with Crippen LogP contribution in [0.1, 0.15) is 20.3 Å². The summed E-state index contributed by atoms with van der Waals surface area (Å²) in [7, 11) is 0. The van der Waals surface area contributed by atoms with Crippen LogP contribution in [0.3, 0.4) is 0 Å². The largest absolute Gasteiger partial charge is 0.368 e. The van der Waals surface area contributed by atoms with Crippen molar-refractivity contribution in [3.05, 3.63) is 12.3 Å². The molecule has 0 radical (unpaired) electrons. The fourth-order valence-electron chi connectivity index (χ4n) is 1.83. The van der Waals surface area contributed by atoms with Gasteiger partial charge < -0.3 is 10.1 Å². The maximum atomic E-state index is 7.78. The first-order chi connectivity index (χ1) is 6.14. The number of ether oxygens (including phenoxy) is 1. The van der Waals surface area contributed by atoms with Gasteiger partial charge in [0.1, 0.15) is 5.60 Å². The summed E-state index contributed by atoms with van der Waals surface area (Å²) in [5.41, 5.74) is 1.09. The third kappa shape index (κ3) is 1.15. The molecule has 2 heterocycles. The molecule has 0 aromatic carbocycles. The van der Waals surface area contributed by atoms with Crippen molar-refractivity contribution in [2.45, 2.75) is 25.9 Å². The minimum absolute atomic E-state index is 0.306. The molecule has 3 nitrogen and oxygen atoms in total. The van der Waals surface area contributed by atoms with Crippen LogP contribution in [-0.4, -0.2) is 23.6 Å². The van der Waals surface area contributed by atoms with Crippen molar-refractivity contribution in [1.29, 1.82) is 5.41 Å². The number of aliphatic imine (C=N–C) groups is 1. The Kier molecular flexibility index (Phi) is 1.84. The van der Waals surface area contributed by atoms with Gasteiger partial charge in [0.25, 0.3) is 0 Å². The molecule has 0 aliphatic carbocycles. The molecule has 0 aromatic heterocycles. The van der Waals surface area contributed by atoms with Gasteiger partial charge in [-0.2, -0.15) is 0 Å². The second kappa shape index (κ2) is 2.77. The molecular formula is C10H14N2O. The molecule has 0 aromatic rings. The summed E-state index contributed by atoms with van der Waals surface area (Å²) < 4.78 is 5.73. The summed E-state index contributed by atoms with van der Waals surface area (Å²) in [4.78, 5) is 4.24. The van der Waals surface area contributed by atoms with Crippen LogP contribution in [0.4, 0.5) is 0 Å². The van der Waals surface area contributed by atoms with Gasteiger partial charge in [-0.15, -0.1) is 0 Å². The van der Waals surface area contributed by atoms with Crippen LogP contribution in [0.5, 0.6) is 0 Å². The highest BCUT2D eigenvalue weighted by Crippen LogP contribution is 2.31. The summed E-state index contributed by atoms with van der Waals surface area (Å²) in [6, 6.07) is 0. The highest BCUT2D eigenvalue weighted by atomic mass is 16.5. The number of fused-ring (bicyclic) bond motifs is 1. The highest BCUT2D eigenvalue weighted by molar-refractivity contribution is 6.44. The van der Waals surface area contributed by atoms with Crippen molar-refractivity contribution in [2.24, 2.45) is 10.9 Å². The van der Waals surface area contributed by atoms with E-state index in [0.717, 1.165) is 5.71 Å². The fraction of sp³-hybridized carbons (Fsp3) is 0.600. The Labute approximate surface area is 78.0 Å². The molecule has 0 saturated carbocycles. The fourth-order valence-corrected chi connectivity index (χ4v) is 1.83. The predicted octanol–water partition coefficient (Wildman–Crippen LogP) is 1.79. The van der Waals surface area contributed by atoms with E-state index in [-0.39, 0.29) is 5.60 Å². The molecule has 1 fully saturated rings. The van der Waals surface area contributed by atoms with Gasteiger partial charge >= 0.3 is 0 Å². The quantitative estimate of drug-likeness (QED) is 0.604. The Morgan fingerprint density at radius 3 is 3.15 bits per heavy atom. The van der Waals surface area contributed by atoms with Gasteiger partial charge in [-0.3, -0.25) is 4.99 Å². The van der Waals surface area contributed by atoms with Gasteiger partial charge in [0.15, 0.2) is 0 Å². The summed E-state index contributed by atoms with van der Waals surface area (Å²) in [6.07, 6.45) is 4.50. The summed E-state index contributed by atoms with van der Waals surface area (Å²) >= 11 is 0. The number of hydrogen-bond donors (Lipinski definition) is 1. The van der Waals surface area contributed by atoms with Gasteiger partial charge in [-0.1, -0.05) is 13.0 Å². The third-order valence-electron chi connectivity index (χ3n) is 2.96. The van der Waals surface area contributed by atoms with E-state index in [1.54, 1.807) is 6.20 Å². The van der Waals surface area contributed by atoms with E-state index in [9.17, 15) is 0 Å².